The molecule has 0 fully saturated rings. The first-order valence-electron chi connectivity index (χ1n) is 6.15. The van der Waals surface area contributed by atoms with E-state index in [2.05, 4.69) is 15.3 Å². The van der Waals surface area contributed by atoms with E-state index in [0.717, 1.165) is 0 Å². The van der Waals surface area contributed by atoms with Crippen molar-refractivity contribution in [2.45, 2.75) is 18.9 Å². The van der Waals surface area contributed by atoms with Gasteiger partial charge in [0.1, 0.15) is 7.85 Å². The average Bonchev–Trinajstić information content (AvgIpc) is 2.44. The number of hydrogen-bond donors (Lipinski definition) is 1. The molecular weight excluding hydrogens is 323 g/mol. The molecule has 1 aromatic carbocycles. The van der Waals surface area contributed by atoms with E-state index in [4.69, 9.17) is 7.85 Å². The molecule has 1 aromatic heterocycles. The van der Waals surface area contributed by atoms with Crippen molar-refractivity contribution in [3.05, 3.63) is 47.3 Å². The maximum atomic E-state index is 12.7. The largest absolute Gasteiger partial charge is 0.416 e. The number of anilines is 1. The van der Waals surface area contributed by atoms with Gasteiger partial charge in [-0.1, -0.05) is 5.46 Å². The topological polar surface area (TPSA) is 37.8 Å². The summed E-state index contributed by atoms with van der Waals surface area (Å²) in [5.41, 5.74) is -2.67. The van der Waals surface area contributed by atoms with Gasteiger partial charge in [0, 0.05) is 18.9 Å². The van der Waals surface area contributed by atoms with Crippen molar-refractivity contribution in [1.29, 1.82) is 0 Å². The summed E-state index contributed by atoms with van der Waals surface area (Å²) in [4.78, 5) is 7.49. The predicted octanol–water partition coefficient (Wildman–Crippen LogP) is 2.92. The average molecular weight is 331 g/mol. The molecule has 0 unspecified atom stereocenters. The van der Waals surface area contributed by atoms with Crippen molar-refractivity contribution in [2.24, 2.45) is 0 Å². The number of aromatic nitrogens is 2. The zero-order chi connectivity index (χ0) is 17.3. The third kappa shape index (κ3) is 4.60. The number of hydrogen-bond acceptors (Lipinski definition) is 3. The summed E-state index contributed by atoms with van der Waals surface area (Å²) in [6.45, 7) is -0.309. The smallest absolute Gasteiger partial charge is 0.350 e. The Morgan fingerprint density at radius 2 is 1.35 bits per heavy atom. The first kappa shape index (κ1) is 17.1. The van der Waals surface area contributed by atoms with Gasteiger partial charge >= 0.3 is 12.4 Å². The van der Waals surface area contributed by atoms with Crippen molar-refractivity contribution in [3.63, 3.8) is 0 Å². The highest BCUT2D eigenvalue weighted by molar-refractivity contribution is 6.31. The second-order valence-electron chi connectivity index (χ2n) is 4.61. The molecule has 0 atom stereocenters. The van der Waals surface area contributed by atoms with Crippen LogP contribution in [0, 0.1) is 0 Å². The van der Waals surface area contributed by atoms with E-state index in [1.165, 1.54) is 12.4 Å². The molecule has 2 aromatic rings. The molecule has 0 bridgehead atoms. The predicted molar refractivity (Wildman–Crippen MR) is 71.2 cm³/mol. The molecular formula is C13H8BF6N3. The lowest BCUT2D eigenvalue weighted by Gasteiger charge is -2.14. The minimum atomic E-state index is -4.88. The molecule has 0 aliphatic carbocycles. The highest BCUT2D eigenvalue weighted by atomic mass is 19.4. The number of nitrogens with zero attached hydrogens (tertiary/aromatic N) is 2. The Kier molecular flexibility index (Phi) is 4.53. The molecule has 0 spiro atoms. The molecule has 2 radical (unpaired) electrons. The molecule has 23 heavy (non-hydrogen) atoms. The molecule has 3 nitrogen and oxygen atoms in total. The van der Waals surface area contributed by atoms with Crippen LogP contribution in [0.3, 0.4) is 0 Å². The van der Waals surface area contributed by atoms with Crippen LogP contribution in [-0.2, 0) is 18.9 Å². The minimum Gasteiger partial charge on any atom is -0.350 e. The van der Waals surface area contributed by atoms with Crippen LogP contribution >= 0.6 is 0 Å². The number of rotatable bonds is 3. The fourth-order valence-electron chi connectivity index (χ4n) is 1.73. The Hall–Kier alpha value is -2.26. The Balaban J connectivity index is 2.28. The lowest BCUT2D eigenvalue weighted by Crippen LogP contribution is -2.13. The number of benzene rings is 1. The molecule has 0 amide bonds. The van der Waals surface area contributed by atoms with E-state index in [1.807, 2.05) is 0 Å². The first-order chi connectivity index (χ1) is 10.6. The Morgan fingerprint density at radius 1 is 0.870 bits per heavy atom. The van der Waals surface area contributed by atoms with Crippen LogP contribution in [-0.4, -0.2) is 17.8 Å². The third-order valence-corrected chi connectivity index (χ3v) is 2.77. The SMILES string of the molecule is [B]c1cnc(NCc2cc(C(F)(F)F)cc(C(F)(F)F)c2)nc1. The fourth-order valence-corrected chi connectivity index (χ4v) is 1.73. The van der Waals surface area contributed by atoms with Gasteiger partial charge in [-0.3, -0.25) is 0 Å². The molecule has 10 heteroatoms. The minimum absolute atomic E-state index is 0.0326. The standard InChI is InChI=1S/C13H8BF6N3/c14-10-5-22-11(23-6-10)21-4-7-1-8(12(15,16)17)3-9(2-7)13(18,19)20/h1-3,5-6H,4H2,(H,21,22,23). The van der Waals surface area contributed by atoms with Crippen molar-refractivity contribution < 1.29 is 26.3 Å². The molecule has 120 valence electrons. The third-order valence-electron chi connectivity index (χ3n) is 2.77. The van der Waals surface area contributed by atoms with Gasteiger partial charge < -0.3 is 5.32 Å². The maximum Gasteiger partial charge on any atom is 0.416 e. The van der Waals surface area contributed by atoms with Gasteiger partial charge in [-0.25, -0.2) is 9.97 Å². The molecule has 2 rings (SSSR count). The zero-order valence-electron chi connectivity index (χ0n) is 11.3. The van der Waals surface area contributed by atoms with E-state index in [0.29, 0.717) is 12.1 Å². The number of halogens is 6. The summed E-state index contributed by atoms with van der Waals surface area (Å²) in [6.07, 6.45) is -7.26. The van der Waals surface area contributed by atoms with Crippen molar-refractivity contribution in [3.8, 4) is 0 Å². The van der Waals surface area contributed by atoms with Gasteiger partial charge in [0.05, 0.1) is 11.1 Å². The summed E-state index contributed by atoms with van der Waals surface area (Å²) in [7, 11) is 5.37. The summed E-state index contributed by atoms with van der Waals surface area (Å²) in [6, 6.07) is 1.35. The monoisotopic (exact) mass is 331 g/mol. The quantitative estimate of drug-likeness (QED) is 0.694. The van der Waals surface area contributed by atoms with Crippen LogP contribution < -0.4 is 10.8 Å². The van der Waals surface area contributed by atoms with Gasteiger partial charge in [0.25, 0.3) is 0 Å². The normalized spacial score (nSPS) is 12.3. The Morgan fingerprint density at radius 3 is 1.78 bits per heavy atom. The van der Waals surface area contributed by atoms with E-state index < -0.39 is 23.5 Å². The van der Waals surface area contributed by atoms with Gasteiger partial charge in [0.2, 0.25) is 5.95 Å². The summed E-state index contributed by atoms with van der Waals surface area (Å²) < 4.78 is 76.3. The van der Waals surface area contributed by atoms with Crippen LogP contribution in [0.1, 0.15) is 16.7 Å². The molecule has 0 aliphatic rings. The summed E-state index contributed by atoms with van der Waals surface area (Å²) in [5.74, 6) is 0.0326. The van der Waals surface area contributed by atoms with Gasteiger partial charge in [-0.05, 0) is 23.8 Å². The Labute approximate surface area is 128 Å². The molecule has 0 saturated carbocycles. The van der Waals surface area contributed by atoms with Crippen molar-refractivity contribution in [2.75, 3.05) is 5.32 Å². The lowest BCUT2D eigenvalue weighted by atomic mass is 10.0. The van der Waals surface area contributed by atoms with Crippen LogP contribution in [0.2, 0.25) is 0 Å². The van der Waals surface area contributed by atoms with E-state index in [-0.39, 0.29) is 29.6 Å². The number of nitrogens with one attached hydrogen (secondary N) is 1. The molecule has 1 N–H and O–H groups in total. The van der Waals surface area contributed by atoms with Crippen LogP contribution in [0.25, 0.3) is 0 Å². The Bertz CT molecular complexity index is 649. The van der Waals surface area contributed by atoms with Crippen LogP contribution in [0.15, 0.2) is 30.6 Å². The van der Waals surface area contributed by atoms with Gasteiger partial charge in [-0.2, -0.15) is 26.3 Å². The van der Waals surface area contributed by atoms with E-state index in [1.54, 1.807) is 0 Å². The van der Waals surface area contributed by atoms with Crippen LogP contribution in [0.4, 0.5) is 32.3 Å². The highest BCUT2D eigenvalue weighted by Gasteiger charge is 2.36. The van der Waals surface area contributed by atoms with Crippen LogP contribution in [0.5, 0.6) is 0 Å². The second-order valence-corrected chi connectivity index (χ2v) is 4.61. The van der Waals surface area contributed by atoms with Gasteiger partial charge in [0.15, 0.2) is 0 Å². The second kappa shape index (κ2) is 6.09. The summed E-state index contributed by atoms with van der Waals surface area (Å²) >= 11 is 0. The van der Waals surface area contributed by atoms with E-state index >= 15 is 0 Å². The maximum absolute atomic E-state index is 12.7. The van der Waals surface area contributed by atoms with Gasteiger partial charge in [-0.15, -0.1) is 0 Å². The highest BCUT2D eigenvalue weighted by Crippen LogP contribution is 2.36. The molecule has 0 aliphatic heterocycles. The zero-order valence-corrected chi connectivity index (χ0v) is 11.3. The molecule has 1 heterocycles. The lowest BCUT2D eigenvalue weighted by molar-refractivity contribution is -0.143. The van der Waals surface area contributed by atoms with Crippen molar-refractivity contribution in [1.82, 2.24) is 9.97 Å². The van der Waals surface area contributed by atoms with E-state index in [9.17, 15) is 26.3 Å². The number of alkyl halides is 6. The summed E-state index contributed by atoms with van der Waals surface area (Å²) in [5, 5.41) is 2.53. The molecule has 0 saturated heterocycles. The fraction of sp³-hybridized carbons (Fsp3) is 0.231. The first-order valence-corrected chi connectivity index (χ1v) is 6.15. The van der Waals surface area contributed by atoms with Crippen molar-refractivity contribution >= 4 is 19.3 Å².